The molecule has 0 amide bonds. The van der Waals surface area contributed by atoms with Crippen LogP contribution in [-0.2, 0) is 13.0 Å². The molecule has 1 atom stereocenters. The van der Waals surface area contributed by atoms with Crippen molar-refractivity contribution >= 4 is 0 Å². The monoisotopic (exact) mass is 232 g/mol. The van der Waals surface area contributed by atoms with E-state index in [4.69, 9.17) is 5.73 Å². The van der Waals surface area contributed by atoms with E-state index in [0.29, 0.717) is 5.41 Å². The fourth-order valence-corrected chi connectivity index (χ4v) is 3.36. The van der Waals surface area contributed by atoms with E-state index in [9.17, 15) is 0 Å². The van der Waals surface area contributed by atoms with Gasteiger partial charge in [0.05, 0.1) is 0 Å². The van der Waals surface area contributed by atoms with E-state index in [0.717, 1.165) is 6.42 Å². The lowest BCUT2D eigenvalue weighted by Gasteiger charge is -2.23. The summed E-state index contributed by atoms with van der Waals surface area (Å²) in [4.78, 5) is 0. The van der Waals surface area contributed by atoms with Crippen LogP contribution in [-0.4, -0.2) is 4.57 Å². The van der Waals surface area contributed by atoms with Gasteiger partial charge in [0, 0.05) is 24.0 Å². The molecular formula is C15H24N2. The molecule has 0 bridgehead atoms. The Kier molecular flexibility index (Phi) is 2.58. The van der Waals surface area contributed by atoms with Crippen molar-refractivity contribution in [1.29, 1.82) is 0 Å². The average molecular weight is 232 g/mol. The second-order valence-electron chi connectivity index (χ2n) is 6.13. The van der Waals surface area contributed by atoms with Gasteiger partial charge in [0.15, 0.2) is 0 Å². The number of hydrogen-bond acceptors (Lipinski definition) is 1. The Morgan fingerprint density at radius 3 is 2.88 bits per heavy atom. The molecule has 1 aromatic heterocycles. The zero-order valence-electron chi connectivity index (χ0n) is 11.1. The van der Waals surface area contributed by atoms with Gasteiger partial charge in [-0.1, -0.05) is 6.92 Å². The van der Waals surface area contributed by atoms with Gasteiger partial charge in [0.2, 0.25) is 0 Å². The minimum absolute atomic E-state index is 0.287. The fraction of sp³-hybridized carbons (Fsp3) is 0.733. The zero-order chi connectivity index (χ0) is 12.0. The quantitative estimate of drug-likeness (QED) is 0.851. The highest BCUT2D eigenvalue weighted by Gasteiger charge is 2.41. The van der Waals surface area contributed by atoms with E-state index in [1.54, 1.807) is 5.69 Å². The summed E-state index contributed by atoms with van der Waals surface area (Å²) in [6, 6.07) is 2.63. The number of rotatable bonds is 3. The maximum absolute atomic E-state index is 6.23. The zero-order valence-corrected chi connectivity index (χ0v) is 11.1. The van der Waals surface area contributed by atoms with E-state index in [1.807, 2.05) is 0 Å². The van der Waals surface area contributed by atoms with E-state index >= 15 is 0 Å². The van der Waals surface area contributed by atoms with Crippen molar-refractivity contribution in [3.63, 3.8) is 0 Å². The molecule has 0 radical (unpaired) electrons. The predicted molar refractivity (Wildman–Crippen MR) is 71.0 cm³/mol. The maximum atomic E-state index is 6.23. The normalized spacial score (nSPS) is 25.7. The molecule has 2 aliphatic carbocycles. The Hall–Kier alpha value is -0.760. The van der Waals surface area contributed by atoms with Gasteiger partial charge in [-0.2, -0.15) is 0 Å². The second-order valence-corrected chi connectivity index (χ2v) is 6.13. The van der Waals surface area contributed by atoms with E-state index in [-0.39, 0.29) is 6.04 Å². The first-order valence-corrected chi connectivity index (χ1v) is 7.10. The molecule has 2 nitrogen and oxygen atoms in total. The van der Waals surface area contributed by atoms with E-state index in [1.165, 1.54) is 49.9 Å². The van der Waals surface area contributed by atoms with Crippen LogP contribution in [0.25, 0.3) is 0 Å². The third kappa shape index (κ3) is 1.83. The molecule has 1 saturated carbocycles. The molecule has 0 aromatic carbocycles. The van der Waals surface area contributed by atoms with Crippen LogP contribution in [0, 0.1) is 12.3 Å². The van der Waals surface area contributed by atoms with Crippen LogP contribution in [0.5, 0.6) is 0 Å². The van der Waals surface area contributed by atoms with E-state index in [2.05, 4.69) is 24.5 Å². The van der Waals surface area contributed by atoms with Gasteiger partial charge in [-0.25, -0.2) is 0 Å². The highest BCUT2D eigenvalue weighted by molar-refractivity contribution is 5.33. The Labute approximate surface area is 104 Å². The molecule has 0 spiro atoms. The summed E-state index contributed by atoms with van der Waals surface area (Å²) in [6.45, 7) is 5.82. The molecule has 2 heteroatoms. The first-order chi connectivity index (χ1) is 8.15. The summed E-state index contributed by atoms with van der Waals surface area (Å²) < 4.78 is 2.57. The highest BCUT2D eigenvalue weighted by Crippen LogP contribution is 2.50. The first kappa shape index (κ1) is 11.3. The molecule has 1 heterocycles. The van der Waals surface area contributed by atoms with Crippen molar-refractivity contribution in [2.45, 2.75) is 65.0 Å². The summed E-state index contributed by atoms with van der Waals surface area (Å²) >= 11 is 0. The maximum Gasteiger partial charge on any atom is 0.0313 e. The molecule has 1 unspecified atom stereocenters. The van der Waals surface area contributed by atoms with E-state index < -0.39 is 0 Å². The topological polar surface area (TPSA) is 30.9 Å². The van der Waals surface area contributed by atoms with Crippen LogP contribution in [0.15, 0.2) is 6.07 Å². The van der Waals surface area contributed by atoms with Crippen LogP contribution >= 0.6 is 0 Å². The number of aryl methyl sites for hydroxylation is 1. The minimum Gasteiger partial charge on any atom is -0.348 e. The largest absolute Gasteiger partial charge is 0.348 e. The second kappa shape index (κ2) is 3.88. The SMILES string of the molecule is CCC1(Cn2c(C)cc3c2CCCC3N)CC1. The third-order valence-electron chi connectivity index (χ3n) is 4.98. The Balaban J connectivity index is 1.94. The van der Waals surface area contributed by atoms with Gasteiger partial charge >= 0.3 is 0 Å². The number of fused-ring (bicyclic) bond motifs is 1. The van der Waals surface area contributed by atoms with Crippen molar-refractivity contribution in [1.82, 2.24) is 4.57 Å². The van der Waals surface area contributed by atoms with Crippen molar-refractivity contribution in [3.05, 3.63) is 23.0 Å². The average Bonchev–Trinajstić information content (AvgIpc) is 3.02. The number of nitrogens with zero attached hydrogens (tertiary/aromatic N) is 1. The molecule has 1 aromatic rings. The Morgan fingerprint density at radius 1 is 1.47 bits per heavy atom. The van der Waals surface area contributed by atoms with Crippen molar-refractivity contribution in [3.8, 4) is 0 Å². The Bertz CT molecular complexity index is 426. The lowest BCUT2D eigenvalue weighted by molar-refractivity contribution is 0.392. The number of aromatic nitrogens is 1. The van der Waals surface area contributed by atoms with Crippen molar-refractivity contribution < 1.29 is 0 Å². The summed E-state index contributed by atoms with van der Waals surface area (Å²) in [7, 11) is 0. The standard InChI is InChI=1S/C15H24N2/c1-3-15(7-8-15)10-17-11(2)9-12-13(16)5-4-6-14(12)17/h9,13H,3-8,10,16H2,1-2H3. The van der Waals surface area contributed by atoms with Crippen LogP contribution in [0.2, 0.25) is 0 Å². The summed E-state index contributed by atoms with van der Waals surface area (Å²) in [5.74, 6) is 0. The molecule has 0 aliphatic heterocycles. The van der Waals surface area contributed by atoms with Gasteiger partial charge in [-0.3, -0.25) is 0 Å². The Morgan fingerprint density at radius 2 is 2.24 bits per heavy atom. The molecule has 17 heavy (non-hydrogen) atoms. The van der Waals surface area contributed by atoms with Gasteiger partial charge in [-0.05, 0) is 62.5 Å². The number of hydrogen-bond donors (Lipinski definition) is 1. The van der Waals surface area contributed by atoms with Gasteiger partial charge < -0.3 is 10.3 Å². The van der Waals surface area contributed by atoms with Gasteiger partial charge in [-0.15, -0.1) is 0 Å². The van der Waals surface area contributed by atoms with Crippen LogP contribution in [0.4, 0.5) is 0 Å². The molecule has 1 fully saturated rings. The summed E-state index contributed by atoms with van der Waals surface area (Å²) in [6.07, 6.45) is 7.82. The van der Waals surface area contributed by atoms with Crippen LogP contribution < -0.4 is 5.73 Å². The minimum atomic E-state index is 0.287. The fourth-order valence-electron chi connectivity index (χ4n) is 3.36. The smallest absolute Gasteiger partial charge is 0.0313 e. The molecule has 3 rings (SSSR count). The molecule has 0 saturated heterocycles. The predicted octanol–water partition coefficient (Wildman–Crippen LogP) is 3.32. The van der Waals surface area contributed by atoms with Crippen LogP contribution in [0.3, 0.4) is 0 Å². The highest BCUT2D eigenvalue weighted by atomic mass is 15.0. The lowest BCUT2D eigenvalue weighted by atomic mass is 9.93. The molecule has 94 valence electrons. The third-order valence-corrected chi connectivity index (χ3v) is 4.98. The van der Waals surface area contributed by atoms with Gasteiger partial charge in [0.1, 0.15) is 0 Å². The summed E-state index contributed by atoms with van der Waals surface area (Å²) in [5.41, 5.74) is 11.2. The lowest BCUT2D eigenvalue weighted by Crippen LogP contribution is -2.20. The summed E-state index contributed by atoms with van der Waals surface area (Å²) in [5, 5.41) is 0. The molecular weight excluding hydrogens is 208 g/mol. The van der Waals surface area contributed by atoms with Gasteiger partial charge in [0.25, 0.3) is 0 Å². The molecule has 2 N–H and O–H groups in total. The van der Waals surface area contributed by atoms with Crippen LogP contribution in [0.1, 0.15) is 62.0 Å². The van der Waals surface area contributed by atoms with Crippen molar-refractivity contribution in [2.75, 3.05) is 0 Å². The molecule has 2 aliphatic rings. The van der Waals surface area contributed by atoms with Crippen molar-refractivity contribution in [2.24, 2.45) is 11.1 Å². The first-order valence-electron chi connectivity index (χ1n) is 7.10. The number of nitrogens with two attached hydrogens (primary N) is 1.